The van der Waals surface area contributed by atoms with Crippen molar-refractivity contribution in [1.82, 2.24) is 15.0 Å². The monoisotopic (exact) mass is 278 g/mol. The molecular weight excluding hydrogens is 268 g/mol. The van der Waals surface area contributed by atoms with E-state index in [2.05, 4.69) is 36.2 Å². The van der Waals surface area contributed by atoms with Gasteiger partial charge in [-0.1, -0.05) is 0 Å². The van der Waals surface area contributed by atoms with Crippen LogP contribution in [0.15, 0.2) is 41.5 Å². The highest BCUT2D eigenvalue weighted by molar-refractivity contribution is 9.10. The number of nitrogens with one attached hydrogen (secondary N) is 1. The molecule has 0 bridgehead atoms. The molecule has 1 atom stereocenters. The van der Waals surface area contributed by atoms with Crippen molar-refractivity contribution in [3.63, 3.8) is 0 Å². The van der Waals surface area contributed by atoms with E-state index < -0.39 is 0 Å². The fraction of sp³-hybridized carbons (Fsp3) is 0.182. The van der Waals surface area contributed by atoms with Crippen molar-refractivity contribution in [2.45, 2.75) is 13.0 Å². The van der Waals surface area contributed by atoms with Crippen molar-refractivity contribution >= 4 is 21.6 Å². The van der Waals surface area contributed by atoms with Crippen LogP contribution in [-0.4, -0.2) is 15.0 Å². The fourth-order valence-electron chi connectivity index (χ4n) is 1.32. The van der Waals surface area contributed by atoms with E-state index in [0.717, 1.165) is 16.0 Å². The average Bonchev–Trinajstić information content (AvgIpc) is 2.33. The molecule has 2 rings (SSSR count). The van der Waals surface area contributed by atoms with Gasteiger partial charge < -0.3 is 5.32 Å². The molecule has 0 aliphatic carbocycles. The molecule has 0 aliphatic rings. The summed E-state index contributed by atoms with van der Waals surface area (Å²) in [7, 11) is 0. The standard InChI is InChI=1S/C11H11BrN4/c1-8(10-7-13-4-5-14-10)16-9-2-3-11(12)15-6-9/h2-8,16H,1H3. The van der Waals surface area contributed by atoms with Crippen molar-refractivity contribution < 1.29 is 0 Å². The van der Waals surface area contributed by atoms with Gasteiger partial charge in [-0.05, 0) is 35.0 Å². The van der Waals surface area contributed by atoms with E-state index in [1.165, 1.54) is 0 Å². The van der Waals surface area contributed by atoms with Crippen molar-refractivity contribution in [3.8, 4) is 0 Å². The van der Waals surface area contributed by atoms with Crippen LogP contribution in [0.3, 0.4) is 0 Å². The maximum absolute atomic E-state index is 4.24. The number of aromatic nitrogens is 3. The summed E-state index contributed by atoms with van der Waals surface area (Å²) in [5, 5.41) is 3.30. The van der Waals surface area contributed by atoms with Crippen molar-refractivity contribution in [2.75, 3.05) is 5.32 Å². The Morgan fingerprint density at radius 1 is 1.19 bits per heavy atom. The van der Waals surface area contributed by atoms with Gasteiger partial charge in [-0.2, -0.15) is 0 Å². The molecule has 4 nitrogen and oxygen atoms in total. The van der Waals surface area contributed by atoms with E-state index in [0.29, 0.717) is 0 Å². The molecule has 2 aromatic rings. The molecular formula is C11H11BrN4. The Bertz CT molecular complexity index is 443. The molecule has 1 N–H and O–H groups in total. The minimum atomic E-state index is 0.108. The van der Waals surface area contributed by atoms with Gasteiger partial charge in [0.15, 0.2) is 0 Å². The lowest BCUT2D eigenvalue weighted by Gasteiger charge is -2.13. The van der Waals surface area contributed by atoms with Crippen LogP contribution >= 0.6 is 15.9 Å². The summed E-state index contributed by atoms with van der Waals surface area (Å²) >= 11 is 3.30. The SMILES string of the molecule is CC(Nc1ccc(Br)nc1)c1cnccn1. The molecule has 0 amide bonds. The van der Waals surface area contributed by atoms with Gasteiger partial charge in [0.25, 0.3) is 0 Å². The lowest BCUT2D eigenvalue weighted by atomic mass is 10.2. The van der Waals surface area contributed by atoms with Crippen molar-refractivity contribution in [3.05, 3.63) is 47.2 Å². The summed E-state index contributed by atoms with van der Waals surface area (Å²) in [5.41, 5.74) is 1.87. The molecule has 0 spiro atoms. The summed E-state index contributed by atoms with van der Waals surface area (Å²) in [4.78, 5) is 12.4. The normalized spacial score (nSPS) is 12.1. The minimum Gasteiger partial charge on any atom is -0.376 e. The molecule has 0 radical (unpaired) electrons. The minimum absolute atomic E-state index is 0.108. The third-order valence-corrected chi connectivity index (χ3v) is 2.61. The lowest BCUT2D eigenvalue weighted by Crippen LogP contribution is -2.08. The molecule has 0 aliphatic heterocycles. The highest BCUT2D eigenvalue weighted by atomic mass is 79.9. The third-order valence-electron chi connectivity index (χ3n) is 2.14. The second-order valence-electron chi connectivity index (χ2n) is 3.37. The molecule has 1 unspecified atom stereocenters. The molecule has 0 saturated carbocycles. The van der Waals surface area contributed by atoms with Crippen molar-refractivity contribution in [2.24, 2.45) is 0 Å². The first-order chi connectivity index (χ1) is 7.75. The zero-order valence-electron chi connectivity index (χ0n) is 8.76. The van der Waals surface area contributed by atoms with Crippen LogP contribution < -0.4 is 5.32 Å². The highest BCUT2D eigenvalue weighted by Gasteiger charge is 2.06. The van der Waals surface area contributed by atoms with Gasteiger partial charge in [-0.15, -0.1) is 0 Å². The van der Waals surface area contributed by atoms with Crippen LogP contribution in [0.4, 0.5) is 5.69 Å². The van der Waals surface area contributed by atoms with Crippen LogP contribution in [0.5, 0.6) is 0 Å². The Hall–Kier alpha value is -1.49. The van der Waals surface area contributed by atoms with Crippen LogP contribution in [0, 0.1) is 0 Å². The smallest absolute Gasteiger partial charge is 0.106 e. The zero-order valence-corrected chi connectivity index (χ0v) is 10.3. The van der Waals surface area contributed by atoms with Crippen LogP contribution in [-0.2, 0) is 0 Å². The van der Waals surface area contributed by atoms with E-state index in [-0.39, 0.29) is 6.04 Å². The maximum atomic E-state index is 4.24. The molecule has 0 aromatic carbocycles. The number of nitrogens with zero attached hydrogens (tertiary/aromatic N) is 3. The summed E-state index contributed by atoms with van der Waals surface area (Å²) in [5.74, 6) is 0. The predicted octanol–water partition coefficient (Wildman–Crippen LogP) is 2.81. The Balaban J connectivity index is 2.08. The quantitative estimate of drug-likeness (QED) is 0.878. The topological polar surface area (TPSA) is 50.7 Å². The summed E-state index contributed by atoms with van der Waals surface area (Å²) in [6.45, 7) is 2.03. The Kier molecular flexibility index (Phi) is 3.46. The van der Waals surface area contributed by atoms with E-state index in [9.17, 15) is 0 Å². The van der Waals surface area contributed by atoms with E-state index in [4.69, 9.17) is 0 Å². The van der Waals surface area contributed by atoms with Crippen LogP contribution in [0.2, 0.25) is 0 Å². The number of hydrogen-bond donors (Lipinski definition) is 1. The molecule has 5 heteroatoms. The first kappa shape index (κ1) is 11.0. The molecule has 0 saturated heterocycles. The van der Waals surface area contributed by atoms with Gasteiger partial charge in [0.05, 0.1) is 29.8 Å². The number of pyridine rings is 1. The third kappa shape index (κ3) is 2.76. The highest BCUT2D eigenvalue weighted by Crippen LogP contribution is 2.17. The molecule has 0 fully saturated rings. The van der Waals surface area contributed by atoms with Gasteiger partial charge in [0.2, 0.25) is 0 Å². The zero-order chi connectivity index (χ0) is 11.4. The fourth-order valence-corrected chi connectivity index (χ4v) is 1.55. The van der Waals surface area contributed by atoms with Crippen LogP contribution in [0.25, 0.3) is 0 Å². The summed E-state index contributed by atoms with van der Waals surface area (Å²) < 4.78 is 0.824. The van der Waals surface area contributed by atoms with E-state index >= 15 is 0 Å². The first-order valence-electron chi connectivity index (χ1n) is 4.90. The van der Waals surface area contributed by atoms with Gasteiger partial charge >= 0.3 is 0 Å². The molecule has 2 heterocycles. The second-order valence-corrected chi connectivity index (χ2v) is 4.18. The number of hydrogen-bond acceptors (Lipinski definition) is 4. The Labute approximate surface area is 102 Å². The first-order valence-corrected chi connectivity index (χ1v) is 5.69. The largest absolute Gasteiger partial charge is 0.376 e. The van der Waals surface area contributed by atoms with E-state index in [1.54, 1.807) is 24.8 Å². The number of halogens is 1. The summed E-state index contributed by atoms with van der Waals surface area (Å²) in [6.07, 6.45) is 6.88. The number of anilines is 1. The molecule has 16 heavy (non-hydrogen) atoms. The maximum Gasteiger partial charge on any atom is 0.106 e. The molecule has 82 valence electrons. The van der Waals surface area contributed by atoms with Gasteiger partial charge in [0, 0.05) is 12.4 Å². The van der Waals surface area contributed by atoms with E-state index in [1.807, 2.05) is 19.1 Å². The Morgan fingerprint density at radius 3 is 2.69 bits per heavy atom. The average molecular weight is 279 g/mol. The summed E-state index contributed by atoms with van der Waals surface area (Å²) in [6, 6.07) is 3.96. The second kappa shape index (κ2) is 5.03. The van der Waals surface area contributed by atoms with Gasteiger partial charge in [-0.25, -0.2) is 4.98 Å². The molecule has 2 aromatic heterocycles. The van der Waals surface area contributed by atoms with Crippen LogP contribution in [0.1, 0.15) is 18.7 Å². The lowest BCUT2D eigenvalue weighted by molar-refractivity contribution is 0.826. The van der Waals surface area contributed by atoms with Gasteiger partial charge in [0.1, 0.15) is 4.60 Å². The predicted molar refractivity (Wildman–Crippen MR) is 66.0 cm³/mol. The van der Waals surface area contributed by atoms with Crippen molar-refractivity contribution in [1.29, 1.82) is 0 Å². The Morgan fingerprint density at radius 2 is 2.06 bits per heavy atom. The van der Waals surface area contributed by atoms with Gasteiger partial charge in [-0.3, -0.25) is 9.97 Å². The number of rotatable bonds is 3.